The molecule has 0 saturated heterocycles. The van der Waals surface area contributed by atoms with E-state index in [9.17, 15) is 0 Å². The second-order valence-electron chi connectivity index (χ2n) is 10.5. The van der Waals surface area contributed by atoms with Gasteiger partial charge in [0, 0.05) is 62.2 Å². The summed E-state index contributed by atoms with van der Waals surface area (Å²) in [7, 11) is 2.03. The third-order valence-corrected chi connectivity index (χ3v) is 7.38. The molecule has 0 radical (unpaired) electrons. The Labute approximate surface area is 317 Å². The molecule has 2 aromatic heterocycles. The zero-order chi connectivity index (χ0) is 32.6. The minimum atomic E-state index is 0. The molecule has 0 aliphatic carbocycles. The summed E-state index contributed by atoms with van der Waals surface area (Å²) in [6.07, 6.45) is 11.8. The summed E-state index contributed by atoms with van der Waals surface area (Å²) in [4.78, 5) is 8.73. The topological polar surface area (TPSA) is 42.8 Å². The van der Waals surface area contributed by atoms with Crippen LogP contribution in [0.2, 0.25) is 0 Å². The SMILES string of the molecule is CC1=C(C)N(c2[c-]c(Oc3[c-]c(-c4cc(-c5[c-]c(Oc6[c-]cccc6)ccc5)[c-]cn4)ccc3)ccc2)[CH-]N1C.[C-]#Cn1cccc1.[Pt+4].[Pt]. The fourth-order valence-electron chi connectivity index (χ4n) is 4.75. The van der Waals surface area contributed by atoms with Gasteiger partial charge >= 0.3 is 21.1 Å². The summed E-state index contributed by atoms with van der Waals surface area (Å²) < 4.78 is 13.6. The second kappa shape index (κ2) is 17.5. The Morgan fingerprint density at radius 1 is 0.714 bits per heavy atom. The molecule has 7 rings (SSSR count). The molecule has 4 aromatic carbocycles. The summed E-state index contributed by atoms with van der Waals surface area (Å²) in [5.41, 5.74) is 6.50. The van der Waals surface area contributed by atoms with Crippen LogP contribution in [0.25, 0.3) is 22.4 Å². The van der Waals surface area contributed by atoms with Crippen molar-refractivity contribution in [2.24, 2.45) is 0 Å². The molecule has 0 amide bonds. The molecule has 6 nitrogen and oxygen atoms in total. The Hall–Kier alpha value is -4.81. The van der Waals surface area contributed by atoms with Crippen LogP contribution in [-0.4, -0.2) is 21.5 Å². The van der Waals surface area contributed by atoms with Gasteiger partial charge in [-0.1, -0.05) is 18.0 Å². The maximum atomic E-state index is 6.57. The van der Waals surface area contributed by atoms with Crippen molar-refractivity contribution in [1.82, 2.24) is 14.5 Å². The fourth-order valence-corrected chi connectivity index (χ4v) is 4.75. The van der Waals surface area contributed by atoms with E-state index in [1.807, 2.05) is 111 Å². The maximum Gasteiger partial charge on any atom is 4.00 e. The van der Waals surface area contributed by atoms with Gasteiger partial charge in [-0.05, 0) is 38.7 Å². The number of hydrogen-bond acceptors (Lipinski definition) is 5. The molecule has 0 fully saturated rings. The van der Waals surface area contributed by atoms with Gasteiger partial charge in [-0.3, -0.25) is 11.1 Å². The van der Waals surface area contributed by atoms with Crippen molar-refractivity contribution >= 4 is 5.69 Å². The van der Waals surface area contributed by atoms with Crippen molar-refractivity contribution in [1.29, 1.82) is 0 Å². The monoisotopic (exact) mass is 999 g/mol. The van der Waals surface area contributed by atoms with Gasteiger partial charge < -0.3 is 35.2 Å². The first-order valence-electron chi connectivity index (χ1n) is 14.8. The predicted octanol–water partition coefficient (Wildman–Crippen LogP) is 9.00. The van der Waals surface area contributed by atoms with E-state index in [1.165, 1.54) is 5.70 Å². The zero-order valence-electron chi connectivity index (χ0n) is 26.8. The molecular formula is C41H29N4O2Pt2-3. The van der Waals surface area contributed by atoms with Crippen LogP contribution in [0, 0.1) is 49.5 Å². The first-order valence-corrected chi connectivity index (χ1v) is 14.8. The molecular weight excluding hydrogens is 971 g/mol. The number of aromatic nitrogens is 2. The van der Waals surface area contributed by atoms with Gasteiger partial charge in [-0.15, -0.1) is 65.8 Å². The van der Waals surface area contributed by atoms with Crippen LogP contribution in [0.1, 0.15) is 13.8 Å². The Bertz CT molecular complexity index is 2040. The first-order chi connectivity index (χ1) is 23.0. The number of ether oxygens (including phenoxy) is 2. The number of nitrogens with zero attached hydrogens (tertiary/aromatic N) is 4. The minimum Gasteiger partial charge on any atom is -0.669 e. The van der Waals surface area contributed by atoms with E-state index in [1.54, 1.807) is 23.2 Å². The van der Waals surface area contributed by atoms with Crippen molar-refractivity contribution in [2.45, 2.75) is 13.8 Å². The normalized spacial score (nSPS) is 11.8. The molecule has 0 atom stereocenters. The van der Waals surface area contributed by atoms with E-state index in [2.05, 4.69) is 65.0 Å². The molecule has 0 unspecified atom stereocenters. The zero-order valence-corrected chi connectivity index (χ0v) is 31.3. The number of para-hydroxylation sites is 1. The van der Waals surface area contributed by atoms with Crippen LogP contribution in [0.3, 0.4) is 0 Å². The van der Waals surface area contributed by atoms with Gasteiger partial charge in [0.2, 0.25) is 0 Å². The average Bonchev–Trinajstić information content (AvgIpc) is 3.74. The Balaban J connectivity index is 0.000000537. The summed E-state index contributed by atoms with van der Waals surface area (Å²) in [6, 6.07) is 49.0. The van der Waals surface area contributed by atoms with Gasteiger partial charge in [-0.2, -0.15) is 43.1 Å². The number of allylic oxidation sites excluding steroid dienone is 2. The Kier molecular flexibility index (Phi) is 13.3. The molecule has 0 N–H and O–H groups in total. The van der Waals surface area contributed by atoms with Gasteiger partial charge in [0.05, 0.1) is 0 Å². The van der Waals surface area contributed by atoms with Crippen molar-refractivity contribution in [3.05, 3.63) is 170 Å². The van der Waals surface area contributed by atoms with Gasteiger partial charge in [-0.25, -0.2) is 24.2 Å². The maximum absolute atomic E-state index is 6.57. The minimum absolute atomic E-state index is 0. The smallest absolute Gasteiger partial charge is 0.669 e. The first kappa shape index (κ1) is 37.0. The summed E-state index contributed by atoms with van der Waals surface area (Å²) in [5, 5.41) is 0. The summed E-state index contributed by atoms with van der Waals surface area (Å²) in [5.74, 6) is 2.42. The van der Waals surface area contributed by atoms with Gasteiger partial charge in [0.15, 0.2) is 0 Å². The van der Waals surface area contributed by atoms with Crippen LogP contribution in [-0.2, 0) is 42.1 Å². The van der Waals surface area contributed by atoms with E-state index in [0.29, 0.717) is 23.0 Å². The predicted molar refractivity (Wildman–Crippen MR) is 182 cm³/mol. The van der Waals surface area contributed by atoms with E-state index in [0.717, 1.165) is 33.8 Å². The summed E-state index contributed by atoms with van der Waals surface area (Å²) in [6.45, 7) is 6.23. The number of anilines is 1. The van der Waals surface area contributed by atoms with Gasteiger partial charge in [0.25, 0.3) is 0 Å². The third-order valence-electron chi connectivity index (χ3n) is 7.38. The molecule has 0 spiro atoms. The molecule has 248 valence electrons. The van der Waals surface area contributed by atoms with Crippen molar-refractivity contribution < 1.29 is 51.6 Å². The van der Waals surface area contributed by atoms with Crippen LogP contribution in [0.5, 0.6) is 23.0 Å². The van der Waals surface area contributed by atoms with E-state index < -0.39 is 0 Å². The number of hydrogen-bond donors (Lipinski definition) is 0. The molecule has 3 heterocycles. The number of benzene rings is 4. The van der Waals surface area contributed by atoms with E-state index >= 15 is 0 Å². The van der Waals surface area contributed by atoms with Crippen molar-refractivity contribution in [2.75, 3.05) is 11.9 Å². The van der Waals surface area contributed by atoms with Crippen LogP contribution >= 0.6 is 0 Å². The molecule has 0 saturated carbocycles. The molecule has 8 heteroatoms. The Morgan fingerprint density at radius 3 is 1.98 bits per heavy atom. The molecule has 0 bridgehead atoms. The average molecular weight is 1000 g/mol. The van der Waals surface area contributed by atoms with Crippen LogP contribution in [0.4, 0.5) is 5.69 Å². The number of pyridine rings is 1. The quantitative estimate of drug-likeness (QED) is 0.118. The molecule has 49 heavy (non-hydrogen) atoms. The van der Waals surface area contributed by atoms with Crippen LogP contribution < -0.4 is 14.4 Å². The summed E-state index contributed by atoms with van der Waals surface area (Å²) >= 11 is 0. The van der Waals surface area contributed by atoms with Gasteiger partial charge in [0.1, 0.15) is 0 Å². The second-order valence-corrected chi connectivity index (χ2v) is 10.5. The molecule has 1 aliphatic rings. The molecule has 6 aromatic rings. The van der Waals surface area contributed by atoms with Crippen molar-refractivity contribution in [3.8, 4) is 51.4 Å². The fraction of sp³-hybridized carbons (Fsp3) is 0.0732. The third kappa shape index (κ3) is 9.42. The van der Waals surface area contributed by atoms with E-state index in [-0.39, 0.29) is 42.1 Å². The van der Waals surface area contributed by atoms with Crippen molar-refractivity contribution in [3.63, 3.8) is 0 Å². The number of rotatable bonds is 7. The standard InChI is InChI=1S/C35H25N3O2.C6H4N.2Pt/c1-25-26(2)38(24-37(25)3)30-12-9-17-34(23-30)40-33-16-8-11-29(21-33)35-22-28(18-19-36-35)27-10-7-15-32(20-27)39-31-13-5-4-6-14-31;1-2-7-5-3-4-6-7;;/h4-13,15-17,19,22,24H,1-3H3;3-6H;;/q-6;-1;;+4. The van der Waals surface area contributed by atoms with Crippen LogP contribution in [0.15, 0.2) is 127 Å². The van der Waals surface area contributed by atoms with E-state index in [4.69, 9.17) is 15.9 Å². The molecule has 1 aliphatic heterocycles. The Morgan fingerprint density at radius 2 is 1.35 bits per heavy atom. The largest absolute Gasteiger partial charge is 4.00 e.